The molecular weight excluding hydrogens is 326 g/mol. The second kappa shape index (κ2) is 7.40. The third-order valence-electron chi connectivity index (χ3n) is 4.63. The molecule has 0 atom stereocenters. The Hall–Kier alpha value is -2.49. The van der Waals surface area contributed by atoms with Crippen molar-refractivity contribution in [1.29, 1.82) is 0 Å². The van der Waals surface area contributed by atoms with Crippen LogP contribution in [0, 0.1) is 0 Å². The summed E-state index contributed by atoms with van der Waals surface area (Å²) in [6.45, 7) is 8.33. The number of rotatable bonds is 4. The minimum Gasteiger partial charge on any atom is -0.486 e. The number of nitrogens with zero attached hydrogens (tertiary/aromatic N) is 1. The van der Waals surface area contributed by atoms with E-state index < -0.39 is 0 Å². The lowest BCUT2D eigenvalue weighted by Gasteiger charge is -2.21. The van der Waals surface area contributed by atoms with Gasteiger partial charge in [0, 0.05) is 13.6 Å². The average molecular weight is 353 g/mol. The van der Waals surface area contributed by atoms with Gasteiger partial charge in [-0.1, -0.05) is 51.1 Å². The molecule has 26 heavy (non-hydrogen) atoms. The first kappa shape index (κ1) is 18.3. The van der Waals surface area contributed by atoms with E-state index in [1.54, 1.807) is 4.90 Å². The van der Waals surface area contributed by atoms with Crippen LogP contribution >= 0.6 is 0 Å². The van der Waals surface area contributed by atoms with Gasteiger partial charge in [-0.3, -0.25) is 4.79 Å². The summed E-state index contributed by atoms with van der Waals surface area (Å²) in [7, 11) is 1.85. The van der Waals surface area contributed by atoms with E-state index >= 15 is 0 Å². The molecule has 3 rings (SSSR count). The van der Waals surface area contributed by atoms with Gasteiger partial charge in [0.05, 0.1) is 6.42 Å². The van der Waals surface area contributed by atoms with Gasteiger partial charge >= 0.3 is 0 Å². The number of carbonyl (C=O) groups is 1. The lowest BCUT2D eigenvalue weighted by Crippen LogP contribution is -2.27. The van der Waals surface area contributed by atoms with Crippen LogP contribution in [0.25, 0.3) is 0 Å². The van der Waals surface area contributed by atoms with Gasteiger partial charge in [0.25, 0.3) is 0 Å². The third-order valence-corrected chi connectivity index (χ3v) is 4.63. The van der Waals surface area contributed by atoms with E-state index in [-0.39, 0.29) is 11.3 Å². The molecule has 0 saturated heterocycles. The molecule has 1 aliphatic heterocycles. The van der Waals surface area contributed by atoms with Crippen LogP contribution in [0.2, 0.25) is 0 Å². The maximum atomic E-state index is 12.6. The normalized spacial score (nSPS) is 13.4. The standard InChI is InChI=1S/C22H27NO3/c1-22(2,3)18-8-5-16(6-9-18)15-23(4)21(24)14-17-7-10-19-20(13-17)26-12-11-25-19/h5-10,13H,11-12,14-15H2,1-4H3. The molecule has 0 radical (unpaired) electrons. The Bertz CT molecular complexity index is 775. The van der Waals surface area contributed by atoms with Gasteiger partial charge in [0.15, 0.2) is 11.5 Å². The molecular formula is C22H27NO3. The number of amides is 1. The van der Waals surface area contributed by atoms with Gasteiger partial charge < -0.3 is 14.4 Å². The van der Waals surface area contributed by atoms with E-state index in [1.807, 2.05) is 25.2 Å². The monoisotopic (exact) mass is 353 g/mol. The fraction of sp³-hybridized carbons (Fsp3) is 0.409. The molecule has 0 spiro atoms. The van der Waals surface area contributed by atoms with Gasteiger partial charge in [0.1, 0.15) is 13.2 Å². The third kappa shape index (κ3) is 4.37. The Morgan fingerprint density at radius 3 is 2.23 bits per heavy atom. The Morgan fingerprint density at radius 1 is 0.962 bits per heavy atom. The fourth-order valence-corrected chi connectivity index (χ4v) is 2.98. The first-order chi connectivity index (χ1) is 12.3. The molecule has 0 N–H and O–H groups in total. The van der Waals surface area contributed by atoms with E-state index in [4.69, 9.17) is 9.47 Å². The van der Waals surface area contributed by atoms with Crippen LogP contribution in [-0.4, -0.2) is 31.1 Å². The number of ether oxygens (including phenoxy) is 2. The van der Waals surface area contributed by atoms with Crippen molar-refractivity contribution in [2.75, 3.05) is 20.3 Å². The summed E-state index contributed by atoms with van der Waals surface area (Å²) in [5, 5.41) is 0. The molecule has 1 heterocycles. The zero-order valence-corrected chi connectivity index (χ0v) is 16.0. The molecule has 2 aromatic carbocycles. The molecule has 0 bridgehead atoms. The van der Waals surface area contributed by atoms with Crippen molar-refractivity contribution in [1.82, 2.24) is 4.90 Å². The molecule has 0 aromatic heterocycles. The van der Waals surface area contributed by atoms with Crippen LogP contribution in [-0.2, 0) is 23.2 Å². The van der Waals surface area contributed by atoms with E-state index in [1.165, 1.54) is 5.56 Å². The van der Waals surface area contributed by atoms with E-state index in [9.17, 15) is 4.79 Å². The molecule has 0 saturated carbocycles. The van der Waals surface area contributed by atoms with E-state index in [0.717, 1.165) is 22.6 Å². The average Bonchev–Trinajstić information content (AvgIpc) is 2.61. The number of hydrogen-bond donors (Lipinski definition) is 0. The second-order valence-corrected chi connectivity index (χ2v) is 7.85. The van der Waals surface area contributed by atoms with Crippen LogP contribution in [0.15, 0.2) is 42.5 Å². The highest BCUT2D eigenvalue weighted by atomic mass is 16.6. The van der Waals surface area contributed by atoms with Crippen LogP contribution in [0.4, 0.5) is 0 Å². The predicted octanol–water partition coefficient (Wildman–Crippen LogP) is 3.96. The molecule has 4 heteroatoms. The fourth-order valence-electron chi connectivity index (χ4n) is 2.98. The maximum absolute atomic E-state index is 12.6. The van der Waals surface area contributed by atoms with Crippen molar-refractivity contribution >= 4 is 5.91 Å². The molecule has 0 aliphatic carbocycles. The molecule has 138 valence electrons. The second-order valence-electron chi connectivity index (χ2n) is 7.85. The predicted molar refractivity (Wildman–Crippen MR) is 103 cm³/mol. The molecule has 4 nitrogen and oxygen atoms in total. The quantitative estimate of drug-likeness (QED) is 0.835. The highest BCUT2D eigenvalue weighted by molar-refractivity contribution is 5.78. The molecule has 1 amide bonds. The summed E-state index contributed by atoms with van der Waals surface area (Å²) in [4.78, 5) is 14.3. The van der Waals surface area contributed by atoms with Crippen LogP contribution in [0.3, 0.4) is 0 Å². The van der Waals surface area contributed by atoms with Crippen molar-refractivity contribution in [2.24, 2.45) is 0 Å². The summed E-state index contributed by atoms with van der Waals surface area (Å²) < 4.78 is 11.1. The highest BCUT2D eigenvalue weighted by Crippen LogP contribution is 2.31. The Morgan fingerprint density at radius 2 is 1.58 bits per heavy atom. The zero-order valence-electron chi connectivity index (χ0n) is 16.0. The molecule has 2 aromatic rings. The van der Waals surface area contributed by atoms with Crippen molar-refractivity contribution < 1.29 is 14.3 Å². The smallest absolute Gasteiger partial charge is 0.227 e. The van der Waals surface area contributed by atoms with Gasteiger partial charge in [-0.2, -0.15) is 0 Å². The summed E-state index contributed by atoms with van der Waals surface area (Å²) >= 11 is 0. The lowest BCUT2D eigenvalue weighted by atomic mass is 9.87. The van der Waals surface area contributed by atoms with E-state index in [2.05, 4.69) is 45.0 Å². The van der Waals surface area contributed by atoms with Crippen LogP contribution in [0.1, 0.15) is 37.5 Å². The van der Waals surface area contributed by atoms with Crippen LogP contribution < -0.4 is 9.47 Å². The SMILES string of the molecule is CN(Cc1ccc(C(C)(C)C)cc1)C(=O)Cc1ccc2c(c1)OCCO2. The number of benzene rings is 2. The number of hydrogen-bond acceptors (Lipinski definition) is 3. The first-order valence-corrected chi connectivity index (χ1v) is 9.05. The first-order valence-electron chi connectivity index (χ1n) is 9.05. The van der Waals surface area contributed by atoms with Crippen molar-refractivity contribution in [3.63, 3.8) is 0 Å². The zero-order chi connectivity index (χ0) is 18.7. The number of fused-ring (bicyclic) bond motifs is 1. The number of likely N-dealkylation sites (N-methyl/N-ethyl adjacent to an activating group) is 1. The van der Waals surface area contributed by atoms with Gasteiger partial charge in [0.2, 0.25) is 5.91 Å². The Balaban J connectivity index is 1.61. The summed E-state index contributed by atoms with van der Waals surface area (Å²) in [5.74, 6) is 1.56. The summed E-state index contributed by atoms with van der Waals surface area (Å²) in [6.07, 6.45) is 0.354. The lowest BCUT2D eigenvalue weighted by molar-refractivity contribution is -0.129. The Kier molecular flexibility index (Phi) is 5.21. The Labute approximate surface area is 155 Å². The maximum Gasteiger partial charge on any atom is 0.227 e. The van der Waals surface area contributed by atoms with Gasteiger partial charge in [-0.15, -0.1) is 0 Å². The number of carbonyl (C=O) groups excluding carboxylic acids is 1. The van der Waals surface area contributed by atoms with E-state index in [0.29, 0.717) is 26.2 Å². The molecule has 0 unspecified atom stereocenters. The van der Waals surface area contributed by atoms with Gasteiger partial charge in [-0.05, 0) is 34.2 Å². The largest absolute Gasteiger partial charge is 0.486 e. The van der Waals surface area contributed by atoms with Gasteiger partial charge in [-0.25, -0.2) is 0 Å². The van der Waals surface area contributed by atoms with Crippen molar-refractivity contribution in [3.8, 4) is 11.5 Å². The molecule has 1 aliphatic rings. The minimum absolute atomic E-state index is 0.0848. The minimum atomic E-state index is 0.0848. The summed E-state index contributed by atoms with van der Waals surface area (Å²) in [5.41, 5.74) is 3.51. The molecule has 0 fully saturated rings. The van der Waals surface area contributed by atoms with Crippen molar-refractivity contribution in [3.05, 3.63) is 59.2 Å². The summed E-state index contributed by atoms with van der Waals surface area (Å²) in [6, 6.07) is 14.2. The van der Waals surface area contributed by atoms with Crippen molar-refractivity contribution in [2.45, 2.75) is 39.2 Å². The van der Waals surface area contributed by atoms with Crippen LogP contribution in [0.5, 0.6) is 11.5 Å². The highest BCUT2D eigenvalue weighted by Gasteiger charge is 2.16. The topological polar surface area (TPSA) is 38.8 Å².